The van der Waals surface area contributed by atoms with Crippen molar-refractivity contribution in [3.05, 3.63) is 35.9 Å². The number of nitrogens with one attached hydrogen (secondary N) is 2. The van der Waals surface area contributed by atoms with Crippen LogP contribution >= 0.6 is 0 Å². The first-order valence-electron chi connectivity index (χ1n) is 5.92. The largest absolute Gasteiger partial charge is 0.314 e. The van der Waals surface area contributed by atoms with Gasteiger partial charge in [-0.15, -0.1) is 0 Å². The summed E-state index contributed by atoms with van der Waals surface area (Å²) in [5.41, 5.74) is 1.40. The van der Waals surface area contributed by atoms with Gasteiger partial charge in [-0.05, 0) is 30.9 Å². The van der Waals surface area contributed by atoms with E-state index in [0.29, 0.717) is 0 Å². The fourth-order valence-corrected chi connectivity index (χ4v) is 2.93. The number of hydrogen-bond acceptors (Lipinski definition) is 2. The van der Waals surface area contributed by atoms with E-state index in [1.165, 1.54) is 24.9 Å². The zero-order valence-corrected chi connectivity index (χ0v) is 8.95. The highest BCUT2D eigenvalue weighted by molar-refractivity contribution is 5.14. The third-order valence-electron chi connectivity index (χ3n) is 3.77. The van der Waals surface area contributed by atoms with Crippen LogP contribution in [0.4, 0.5) is 0 Å². The lowest BCUT2D eigenvalue weighted by Crippen LogP contribution is -2.41. The molecule has 2 nitrogen and oxygen atoms in total. The van der Waals surface area contributed by atoms with E-state index < -0.39 is 0 Å². The van der Waals surface area contributed by atoms with E-state index >= 15 is 0 Å². The predicted molar refractivity (Wildman–Crippen MR) is 61.6 cm³/mol. The molecule has 1 aliphatic carbocycles. The van der Waals surface area contributed by atoms with Gasteiger partial charge in [-0.1, -0.05) is 30.3 Å². The molecular formula is C13H18N2. The minimum absolute atomic E-state index is 0.747. The Balaban J connectivity index is 1.55. The molecule has 3 rings (SSSR count). The van der Waals surface area contributed by atoms with Crippen LogP contribution in [0.25, 0.3) is 0 Å². The van der Waals surface area contributed by atoms with Crippen molar-refractivity contribution in [1.29, 1.82) is 0 Å². The summed E-state index contributed by atoms with van der Waals surface area (Å²) in [6.07, 6.45) is 2.70. The molecule has 0 unspecified atom stereocenters. The summed E-state index contributed by atoms with van der Waals surface area (Å²) in [5.74, 6) is 0.874. The van der Waals surface area contributed by atoms with Gasteiger partial charge in [0.15, 0.2) is 0 Å². The Bertz CT molecular complexity index is 323. The molecule has 0 spiro atoms. The monoisotopic (exact) mass is 202 g/mol. The topological polar surface area (TPSA) is 24.1 Å². The molecule has 1 saturated heterocycles. The van der Waals surface area contributed by atoms with Gasteiger partial charge in [0, 0.05) is 18.6 Å². The van der Waals surface area contributed by atoms with E-state index in [4.69, 9.17) is 0 Å². The third kappa shape index (κ3) is 1.92. The summed E-state index contributed by atoms with van der Waals surface area (Å²) >= 11 is 0. The molecule has 2 heteroatoms. The van der Waals surface area contributed by atoms with Crippen molar-refractivity contribution in [3.8, 4) is 0 Å². The van der Waals surface area contributed by atoms with Crippen molar-refractivity contribution in [2.24, 2.45) is 5.92 Å². The Morgan fingerprint density at radius 1 is 1.20 bits per heavy atom. The lowest BCUT2D eigenvalue weighted by Gasteiger charge is -2.23. The normalized spacial score (nSPS) is 33.5. The number of hydrogen-bond donors (Lipinski definition) is 2. The highest BCUT2D eigenvalue weighted by Crippen LogP contribution is 2.31. The third-order valence-corrected chi connectivity index (χ3v) is 3.77. The molecule has 1 saturated carbocycles. The molecule has 0 aromatic heterocycles. The van der Waals surface area contributed by atoms with Crippen LogP contribution in [-0.4, -0.2) is 18.6 Å². The minimum Gasteiger partial charge on any atom is -0.314 e. The minimum atomic E-state index is 0.747. The highest BCUT2D eigenvalue weighted by atomic mass is 15.0. The maximum Gasteiger partial charge on any atom is 0.0208 e. The molecule has 3 atom stereocenters. The first-order valence-corrected chi connectivity index (χ1v) is 5.92. The SMILES string of the molecule is c1ccc(CN[C@@H]2C[C@H]3C[C@@H]2CN3)cc1. The van der Waals surface area contributed by atoms with Crippen LogP contribution < -0.4 is 10.6 Å². The molecule has 1 aromatic rings. The Kier molecular flexibility index (Phi) is 2.47. The van der Waals surface area contributed by atoms with Gasteiger partial charge in [0.1, 0.15) is 0 Å². The molecule has 0 radical (unpaired) electrons. The second kappa shape index (κ2) is 3.95. The summed E-state index contributed by atoms with van der Waals surface area (Å²) in [6.45, 7) is 2.24. The molecule has 2 bridgehead atoms. The van der Waals surface area contributed by atoms with Gasteiger partial charge in [-0.3, -0.25) is 0 Å². The highest BCUT2D eigenvalue weighted by Gasteiger charge is 2.38. The maximum atomic E-state index is 3.69. The number of piperidine rings is 1. The number of rotatable bonds is 3. The molecule has 80 valence electrons. The van der Waals surface area contributed by atoms with Crippen LogP contribution in [-0.2, 0) is 6.54 Å². The van der Waals surface area contributed by atoms with E-state index in [1.807, 2.05) is 0 Å². The van der Waals surface area contributed by atoms with Gasteiger partial charge in [-0.25, -0.2) is 0 Å². The van der Waals surface area contributed by atoms with E-state index in [9.17, 15) is 0 Å². The van der Waals surface area contributed by atoms with Crippen LogP contribution in [0.2, 0.25) is 0 Å². The summed E-state index contributed by atoms with van der Waals surface area (Å²) in [5, 5.41) is 7.23. The lowest BCUT2D eigenvalue weighted by molar-refractivity contribution is 0.366. The summed E-state index contributed by atoms with van der Waals surface area (Å²) in [6, 6.07) is 12.2. The van der Waals surface area contributed by atoms with Crippen LogP contribution in [0.15, 0.2) is 30.3 Å². The summed E-state index contributed by atoms with van der Waals surface area (Å²) in [4.78, 5) is 0. The fraction of sp³-hybridized carbons (Fsp3) is 0.538. The molecule has 0 amide bonds. The quantitative estimate of drug-likeness (QED) is 0.776. The smallest absolute Gasteiger partial charge is 0.0208 e. The Morgan fingerprint density at radius 3 is 2.73 bits per heavy atom. The number of benzene rings is 1. The molecule has 1 aromatic carbocycles. The van der Waals surface area contributed by atoms with Gasteiger partial charge < -0.3 is 10.6 Å². The molecule has 1 heterocycles. The van der Waals surface area contributed by atoms with Crippen molar-refractivity contribution in [3.63, 3.8) is 0 Å². The average molecular weight is 202 g/mol. The average Bonchev–Trinajstić information content (AvgIpc) is 2.89. The van der Waals surface area contributed by atoms with Gasteiger partial charge in [0.25, 0.3) is 0 Å². The van der Waals surface area contributed by atoms with E-state index in [1.54, 1.807) is 0 Å². The van der Waals surface area contributed by atoms with Gasteiger partial charge in [0.2, 0.25) is 0 Å². The zero-order chi connectivity index (χ0) is 10.1. The summed E-state index contributed by atoms with van der Waals surface area (Å²) < 4.78 is 0. The molecule has 15 heavy (non-hydrogen) atoms. The van der Waals surface area contributed by atoms with Crippen molar-refractivity contribution in [2.75, 3.05) is 6.54 Å². The second-order valence-electron chi connectivity index (χ2n) is 4.81. The fourth-order valence-electron chi connectivity index (χ4n) is 2.93. The van der Waals surface area contributed by atoms with Crippen LogP contribution in [0.3, 0.4) is 0 Å². The van der Waals surface area contributed by atoms with Crippen molar-refractivity contribution >= 4 is 0 Å². The molecule has 1 aliphatic heterocycles. The van der Waals surface area contributed by atoms with Crippen LogP contribution in [0.1, 0.15) is 18.4 Å². The van der Waals surface area contributed by atoms with E-state index in [-0.39, 0.29) is 0 Å². The summed E-state index contributed by atoms with van der Waals surface area (Å²) in [7, 11) is 0. The van der Waals surface area contributed by atoms with Crippen molar-refractivity contribution in [1.82, 2.24) is 10.6 Å². The molecule has 2 N–H and O–H groups in total. The zero-order valence-electron chi connectivity index (χ0n) is 8.95. The van der Waals surface area contributed by atoms with Gasteiger partial charge >= 0.3 is 0 Å². The van der Waals surface area contributed by atoms with Crippen molar-refractivity contribution in [2.45, 2.75) is 31.5 Å². The number of fused-ring (bicyclic) bond motifs is 2. The van der Waals surface area contributed by atoms with Gasteiger partial charge in [-0.2, -0.15) is 0 Å². The first kappa shape index (κ1) is 9.37. The Morgan fingerprint density at radius 2 is 2.07 bits per heavy atom. The van der Waals surface area contributed by atoms with E-state index in [2.05, 4.69) is 41.0 Å². The molecular weight excluding hydrogens is 184 g/mol. The first-order chi connectivity index (χ1) is 7.42. The maximum absolute atomic E-state index is 3.69. The van der Waals surface area contributed by atoms with Crippen molar-refractivity contribution < 1.29 is 0 Å². The predicted octanol–water partition coefficient (Wildman–Crippen LogP) is 1.53. The second-order valence-corrected chi connectivity index (χ2v) is 4.81. The lowest BCUT2D eigenvalue weighted by atomic mass is 10.0. The van der Waals surface area contributed by atoms with E-state index in [0.717, 1.165) is 24.5 Å². The Labute approximate surface area is 91.1 Å². The molecule has 2 aliphatic rings. The molecule has 2 fully saturated rings. The van der Waals surface area contributed by atoms with Gasteiger partial charge in [0.05, 0.1) is 0 Å². The van der Waals surface area contributed by atoms with Crippen LogP contribution in [0, 0.1) is 5.92 Å². The standard InChI is InChI=1S/C13H18N2/c1-2-4-10(5-3-1)8-15-13-7-12-6-11(13)9-14-12/h1-5,11-15H,6-9H2/t11-,12-,13-/m1/s1. The van der Waals surface area contributed by atoms with Crippen LogP contribution in [0.5, 0.6) is 0 Å². The Hall–Kier alpha value is -0.860.